The van der Waals surface area contributed by atoms with E-state index in [1.54, 1.807) is 0 Å². The van der Waals surface area contributed by atoms with Crippen molar-refractivity contribution in [2.75, 3.05) is 6.54 Å². The Bertz CT molecular complexity index is 296. The fourth-order valence-corrected chi connectivity index (χ4v) is 2.70. The first-order valence-electron chi connectivity index (χ1n) is 4.79. The number of unbranched alkanes of at least 4 members (excludes halogenated alkanes) is 1. The second-order valence-electron chi connectivity index (χ2n) is 3.56. The maximum atomic E-state index is 11.3. The number of sulfonamides is 1. The summed E-state index contributed by atoms with van der Waals surface area (Å²) in [5.74, 6) is 0. The summed E-state index contributed by atoms with van der Waals surface area (Å²) in [6.45, 7) is 0.501. The van der Waals surface area contributed by atoms with Crippen molar-refractivity contribution in [2.45, 2.75) is 37.4 Å². The van der Waals surface area contributed by atoms with Gasteiger partial charge in [0.25, 0.3) is 0 Å². The zero-order chi connectivity index (χ0) is 10.6. The van der Waals surface area contributed by atoms with E-state index in [2.05, 4.69) is 4.72 Å². The Hall–Kier alpha value is -0.200. The van der Waals surface area contributed by atoms with Gasteiger partial charge in [0, 0.05) is 6.54 Å². The molecule has 0 bridgehead atoms. The first kappa shape index (κ1) is 11.9. The molecule has 0 spiro atoms. The van der Waals surface area contributed by atoms with E-state index in [1.165, 1.54) is 0 Å². The molecule has 1 saturated carbocycles. The van der Waals surface area contributed by atoms with E-state index in [-0.39, 0.29) is 5.25 Å². The van der Waals surface area contributed by atoms with Crippen molar-refractivity contribution in [1.29, 1.82) is 0 Å². The molecule has 0 saturated heterocycles. The number of hydrogen-bond acceptors (Lipinski definition) is 3. The molecule has 0 heterocycles. The van der Waals surface area contributed by atoms with Gasteiger partial charge in [-0.05, 0) is 32.1 Å². The second kappa shape index (κ2) is 5.04. The molecule has 1 aliphatic carbocycles. The van der Waals surface area contributed by atoms with E-state index in [4.69, 9.17) is 18.0 Å². The van der Waals surface area contributed by atoms with Crippen LogP contribution in [0.15, 0.2) is 0 Å². The molecule has 1 aliphatic rings. The summed E-state index contributed by atoms with van der Waals surface area (Å²) in [4.78, 5) is 0.495. The lowest BCUT2D eigenvalue weighted by molar-refractivity contribution is 0.576. The summed E-state index contributed by atoms with van der Waals surface area (Å²) in [7, 11) is -3.00. The minimum atomic E-state index is -3.00. The number of nitrogens with two attached hydrogens (primary N) is 1. The zero-order valence-corrected chi connectivity index (χ0v) is 9.66. The minimum Gasteiger partial charge on any atom is -0.393 e. The second-order valence-corrected chi connectivity index (χ2v) is 6.13. The molecule has 14 heavy (non-hydrogen) atoms. The first-order chi connectivity index (χ1) is 6.52. The number of rotatable bonds is 7. The predicted octanol–water partition coefficient (Wildman–Crippen LogP) is 0.525. The molecular formula is C8H16N2O2S2. The monoisotopic (exact) mass is 236 g/mol. The van der Waals surface area contributed by atoms with Crippen molar-refractivity contribution in [3.05, 3.63) is 0 Å². The van der Waals surface area contributed by atoms with Crippen molar-refractivity contribution >= 4 is 27.2 Å². The molecule has 0 aromatic carbocycles. The van der Waals surface area contributed by atoms with Crippen LogP contribution in [0.4, 0.5) is 0 Å². The third-order valence-electron chi connectivity index (χ3n) is 2.12. The Labute approximate surface area is 90.3 Å². The first-order valence-corrected chi connectivity index (χ1v) is 6.74. The van der Waals surface area contributed by atoms with Gasteiger partial charge in [0.15, 0.2) is 0 Å². The minimum absolute atomic E-state index is 0.127. The summed E-state index contributed by atoms with van der Waals surface area (Å²) >= 11 is 4.71. The zero-order valence-electron chi connectivity index (χ0n) is 8.03. The molecule has 0 atom stereocenters. The quantitative estimate of drug-likeness (QED) is 0.499. The van der Waals surface area contributed by atoms with Crippen LogP contribution in [0.3, 0.4) is 0 Å². The Morgan fingerprint density at radius 2 is 2.07 bits per heavy atom. The standard InChI is InChI=1S/C8H16N2O2S2/c9-8(13)3-1-2-6-10-14(11,12)7-4-5-7/h7,10H,1-6H2,(H2,9,13). The highest BCUT2D eigenvalue weighted by atomic mass is 32.2. The van der Waals surface area contributed by atoms with E-state index in [0.717, 1.165) is 25.7 Å². The Kier molecular flexibility index (Phi) is 4.28. The molecule has 6 heteroatoms. The largest absolute Gasteiger partial charge is 0.393 e. The van der Waals surface area contributed by atoms with E-state index in [1.807, 2.05) is 0 Å². The topological polar surface area (TPSA) is 72.2 Å². The van der Waals surface area contributed by atoms with Crippen LogP contribution < -0.4 is 10.5 Å². The Balaban J connectivity index is 2.06. The van der Waals surface area contributed by atoms with Crippen molar-refractivity contribution in [2.24, 2.45) is 5.73 Å². The van der Waals surface area contributed by atoms with Crippen LogP contribution >= 0.6 is 12.2 Å². The van der Waals surface area contributed by atoms with Crippen LogP contribution in [0.2, 0.25) is 0 Å². The Morgan fingerprint density at radius 3 is 2.57 bits per heavy atom. The summed E-state index contributed by atoms with van der Waals surface area (Å²) in [5, 5.41) is -0.127. The SMILES string of the molecule is NC(=S)CCCCNS(=O)(=O)C1CC1. The van der Waals surface area contributed by atoms with Gasteiger partial charge in [-0.3, -0.25) is 0 Å². The third kappa shape index (κ3) is 4.34. The lowest BCUT2D eigenvalue weighted by atomic mass is 10.2. The van der Waals surface area contributed by atoms with Gasteiger partial charge in [0.05, 0.1) is 10.2 Å². The highest BCUT2D eigenvalue weighted by Crippen LogP contribution is 2.27. The average Bonchev–Trinajstić information content (AvgIpc) is 2.84. The van der Waals surface area contributed by atoms with E-state index < -0.39 is 10.0 Å². The van der Waals surface area contributed by atoms with Gasteiger partial charge in [-0.1, -0.05) is 12.2 Å². The molecule has 1 fully saturated rings. The molecule has 0 aliphatic heterocycles. The van der Waals surface area contributed by atoms with Gasteiger partial charge in [-0.15, -0.1) is 0 Å². The van der Waals surface area contributed by atoms with E-state index >= 15 is 0 Å². The van der Waals surface area contributed by atoms with Crippen LogP contribution in [0.5, 0.6) is 0 Å². The summed E-state index contributed by atoms with van der Waals surface area (Å²) in [6.07, 6.45) is 3.96. The van der Waals surface area contributed by atoms with Crippen molar-refractivity contribution in [3.8, 4) is 0 Å². The smallest absolute Gasteiger partial charge is 0.214 e. The van der Waals surface area contributed by atoms with E-state index in [9.17, 15) is 8.42 Å². The van der Waals surface area contributed by atoms with Crippen LogP contribution in [-0.4, -0.2) is 25.2 Å². The van der Waals surface area contributed by atoms with Gasteiger partial charge in [0.2, 0.25) is 10.0 Å². The number of hydrogen-bond donors (Lipinski definition) is 2. The molecule has 1 rings (SSSR count). The molecule has 0 aromatic heterocycles. The highest BCUT2D eigenvalue weighted by molar-refractivity contribution is 7.90. The molecule has 0 amide bonds. The number of thiocarbonyl (C=S) groups is 1. The van der Waals surface area contributed by atoms with Gasteiger partial charge in [-0.25, -0.2) is 13.1 Å². The summed E-state index contributed by atoms with van der Waals surface area (Å²) in [5.41, 5.74) is 5.31. The lowest BCUT2D eigenvalue weighted by Crippen LogP contribution is -2.28. The molecule has 82 valence electrons. The molecule has 0 unspecified atom stereocenters. The maximum Gasteiger partial charge on any atom is 0.214 e. The predicted molar refractivity (Wildman–Crippen MR) is 60.6 cm³/mol. The van der Waals surface area contributed by atoms with E-state index in [0.29, 0.717) is 18.0 Å². The van der Waals surface area contributed by atoms with Gasteiger partial charge in [-0.2, -0.15) is 0 Å². The maximum absolute atomic E-state index is 11.3. The van der Waals surface area contributed by atoms with Crippen molar-refractivity contribution < 1.29 is 8.42 Å². The third-order valence-corrected chi connectivity index (χ3v) is 4.28. The van der Waals surface area contributed by atoms with Crippen LogP contribution in [0.25, 0.3) is 0 Å². The fourth-order valence-electron chi connectivity index (χ4n) is 1.13. The van der Waals surface area contributed by atoms with Gasteiger partial charge in [0.1, 0.15) is 0 Å². The normalized spacial score (nSPS) is 16.9. The van der Waals surface area contributed by atoms with Crippen LogP contribution in [-0.2, 0) is 10.0 Å². The molecule has 3 N–H and O–H groups in total. The highest BCUT2D eigenvalue weighted by Gasteiger charge is 2.34. The molecule has 0 radical (unpaired) electrons. The fraction of sp³-hybridized carbons (Fsp3) is 0.875. The van der Waals surface area contributed by atoms with Crippen LogP contribution in [0.1, 0.15) is 32.1 Å². The van der Waals surface area contributed by atoms with Gasteiger partial charge >= 0.3 is 0 Å². The summed E-state index contributed by atoms with van der Waals surface area (Å²) < 4.78 is 25.2. The van der Waals surface area contributed by atoms with Crippen molar-refractivity contribution in [3.63, 3.8) is 0 Å². The van der Waals surface area contributed by atoms with Gasteiger partial charge < -0.3 is 5.73 Å². The molecular weight excluding hydrogens is 220 g/mol. The Morgan fingerprint density at radius 1 is 1.43 bits per heavy atom. The average molecular weight is 236 g/mol. The molecule has 4 nitrogen and oxygen atoms in total. The lowest BCUT2D eigenvalue weighted by Gasteiger charge is -2.04. The number of nitrogens with one attached hydrogen (secondary N) is 1. The molecule has 0 aromatic rings. The van der Waals surface area contributed by atoms with Crippen LogP contribution in [0, 0.1) is 0 Å². The summed E-state index contributed by atoms with van der Waals surface area (Å²) in [6, 6.07) is 0. The van der Waals surface area contributed by atoms with Crippen molar-refractivity contribution in [1.82, 2.24) is 4.72 Å².